The van der Waals surface area contributed by atoms with Crippen molar-refractivity contribution in [1.82, 2.24) is 20.3 Å². The Bertz CT molecular complexity index is 838. The van der Waals surface area contributed by atoms with Gasteiger partial charge in [-0.1, -0.05) is 0 Å². The lowest BCUT2D eigenvalue weighted by atomic mass is 9.93. The number of rotatable bonds is 4. The van der Waals surface area contributed by atoms with Crippen molar-refractivity contribution in [3.8, 4) is 17.2 Å². The van der Waals surface area contributed by atoms with Gasteiger partial charge in [-0.15, -0.1) is 0 Å². The van der Waals surface area contributed by atoms with E-state index < -0.39 is 0 Å². The molecule has 0 aliphatic carbocycles. The molecule has 1 atom stereocenters. The molecular weight excluding hydrogens is 330 g/mol. The molecule has 2 aromatic heterocycles. The van der Waals surface area contributed by atoms with Crippen LogP contribution in [0.2, 0.25) is 0 Å². The van der Waals surface area contributed by atoms with Gasteiger partial charge in [-0.2, -0.15) is 5.26 Å². The van der Waals surface area contributed by atoms with E-state index in [9.17, 15) is 5.26 Å². The Labute approximate surface area is 151 Å². The van der Waals surface area contributed by atoms with Crippen LogP contribution in [0.4, 0.5) is 11.8 Å². The normalized spacial score (nSPS) is 19.0. The Balaban J connectivity index is 1.62. The maximum Gasteiger partial charge on any atom is 0.222 e. The highest BCUT2D eigenvalue weighted by Crippen LogP contribution is 2.33. The summed E-state index contributed by atoms with van der Waals surface area (Å²) in [4.78, 5) is 13.2. The number of nitrogen functional groups attached to an aromatic ring is 1. The average molecular weight is 351 g/mol. The number of pyridine rings is 1. The summed E-state index contributed by atoms with van der Waals surface area (Å²) in [6.45, 7) is 3.04. The molecule has 26 heavy (non-hydrogen) atoms. The van der Waals surface area contributed by atoms with Crippen LogP contribution in [0.25, 0.3) is 11.1 Å². The Morgan fingerprint density at radius 1 is 1.38 bits per heavy atom. The number of ether oxygens (including phenoxy) is 1. The van der Waals surface area contributed by atoms with Gasteiger partial charge in [0.2, 0.25) is 5.95 Å². The first kappa shape index (κ1) is 16.7. The van der Waals surface area contributed by atoms with Gasteiger partial charge in [0.05, 0.1) is 6.10 Å². The van der Waals surface area contributed by atoms with Crippen molar-refractivity contribution in [2.75, 3.05) is 30.7 Å². The fraction of sp³-hybridized carbons (Fsp3) is 0.444. The van der Waals surface area contributed by atoms with Crippen molar-refractivity contribution in [2.45, 2.75) is 31.9 Å². The largest absolute Gasteiger partial charge is 0.383 e. The average Bonchev–Trinajstić information content (AvgIpc) is 3.19. The highest BCUT2D eigenvalue weighted by atomic mass is 16.5. The van der Waals surface area contributed by atoms with Gasteiger partial charge in [-0.05, 0) is 18.4 Å². The molecule has 4 rings (SSSR count). The van der Waals surface area contributed by atoms with E-state index in [1.165, 1.54) is 0 Å². The molecule has 1 unspecified atom stereocenters. The minimum atomic E-state index is 0.224. The standard InChI is InChI=1S/C18H21N7O/c19-6-13-16(14-10-21-4-3-15(14)25-17(13)20)11-7-22-18(23-8-11)24-9-12-2-1-5-26-12/h7-8,12,21H,1-5,9-10H2,(H2,20,25)(H,22,23,24). The van der Waals surface area contributed by atoms with Gasteiger partial charge >= 0.3 is 0 Å². The lowest BCUT2D eigenvalue weighted by molar-refractivity contribution is 0.120. The molecule has 0 radical (unpaired) electrons. The number of anilines is 2. The monoisotopic (exact) mass is 351 g/mol. The second-order valence-corrected chi connectivity index (χ2v) is 6.52. The topological polar surface area (TPSA) is 122 Å². The van der Waals surface area contributed by atoms with E-state index in [-0.39, 0.29) is 11.9 Å². The van der Waals surface area contributed by atoms with E-state index in [0.717, 1.165) is 54.8 Å². The molecule has 2 aromatic rings. The van der Waals surface area contributed by atoms with Crippen molar-refractivity contribution in [1.29, 1.82) is 5.26 Å². The summed E-state index contributed by atoms with van der Waals surface area (Å²) in [6, 6.07) is 2.19. The molecule has 0 bridgehead atoms. The third-order valence-electron chi connectivity index (χ3n) is 4.82. The number of nitrogens with one attached hydrogen (secondary N) is 2. The van der Waals surface area contributed by atoms with E-state index in [0.29, 0.717) is 24.6 Å². The number of nitrogens with two attached hydrogens (primary N) is 1. The summed E-state index contributed by atoms with van der Waals surface area (Å²) in [5.41, 5.74) is 9.91. The zero-order chi connectivity index (χ0) is 17.9. The van der Waals surface area contributed by atoms with Crippen LogP contribution in [-0.2, 0) is 17.7 Å². The Kier molecular flexibility index (Phi) is 4.65. The predicted molar refractivity (Wildman–Crippen MR) is 97.3 cm³/mol. The zero-order valence-corrected chi connectivity index (χ0v) is 14.5. The Morgan fingerprint density at radius 3 is 2.96 bits per heavy atom. The molecule has 1 fully saturated rings. The minimum absolute atomic E-state index is 0.224. The van der Waals surface area contributed by atoms with Crippen LogP contribution in [0, 0.1) is 11.3 Å². The lowest BCUT2D eigenvalue weighted by Crippen LogP contribution is -2.26. The summed E-state index contributed by atoms with van der Waals surface area (Å²) in [5.74, 6) is 0.820. The summed E-state index contributed by atoms with van der Waals surface area (Å²) in [6.07, 6.45) is 6.64. The van der Waals surface area contributed by atoms with Crippen LogP contribution in [0.15, 0.2) is 12.4 Å². The summed E-state index contributed by atoms with van der Waals surface area (Å²) < 4.78 is 5.59. The molecule has 2 aliphatic rings. The number of nitrogens with zero attached hydrogens (tertiary/aromatic N) is 4. The number of hydrogen-bond acceptors (Lipinski definition) is 8. The van der Waals surface area contributed by atoms with Gasteiger partial charge in [0, 0.05) is 61.9 Å². The Hall–Kier alpha value is -2.76. The van der Waals surface area contributed by atoms with E-state index in [2.05, 4.69) is 31.7 Å². The van der Waals surface area contributed by atoms with Gasteiger partial charge < -0.3 is 21.1 Å². The molecule has 4 heterocycles. The first-order valence-corrected chi connectivity index (χ1v) is 8.86. The third kappa shape index (κ3) is 3.19. The molecule has 134 valence electrons. The molecule has 0 saturated carbocycles. The third-order valence-corrected chi connectivity index (χ3v) is 4.82. The van der Waals surface area contributed by atoms with Gasteiger partial charge in [0.25, 0.3) is 0 Å². The molecule has 0 amide bonds. The van der Waals surface area contributed by atoms with Crippen LogP contribution in [-0.4, -0.2) is 40.8 Å². The molecule has 4 N–H and O–H groups in total. The second kappa shape index (κ2) is 7.23. The molecule has 1 saturated heterocycles. The fourth-order valence-corrected chi connectivity index (χ4v) is 3.50. The summed E-state index contributed by atoms with van der Waals surface area (Å²) >= 11 is 0. The van der Waals surface area contributed by atoms with Crippen molar-refractivity contribution in [2.24, 2.45) is 0 Å². The number of hydrogen-bond donors (Lipinski definition) is 3. The van der Waals surface area contributed by atoms with E-state index in [4.69, 9.17) is 10.5 Å². The number of aromatic nitrogens is 3. The highest BCUT2D eigenvalue weighted by molar-refractivity contribution is 5.78. The maximum atomic E-state index is 9.56. The fourth-order valence-electron chi connectivity index (χ4n) is 3.50. The zero-order valence-electron chi connectivity index (χ0n) is 14.5. The molecular formula is C18H21N7O. The first-order chi connectivity index (χ1) is 12.8. The molecule has 0 aromatic carbocycles. The first-order valence-electron chi connectivity index (χ1n) is 8.86. The van der Waals surface area contributed by atoms with E-state index in [1.54, 1.807) is 12.4 Å². The smallest absolute Gasteiger partial charge is 0.222 e. The van der Waals surface area contributed by atoms with Gasteiger partial charge in [-0.3, -0.25) is 0 Å². The maximum absolute atomic E-state index is 9.56. The van der Waals surface area contributed by atoms with Crippen molar-refractivity contribution >= 4 is 11.8 Å². The highest BCUT2D eigenvalue weighted by Gasteiger charge is 2.22. The summed E-state index contributed by atoms with van der Waals surface area (Å²) in [5, 5.41) is 16.1. The predicted octanol–water partition coefficient (Wildman–Crippen LogP) is 1.23. The van der Waals surface area contributed by atoms with Crippen LogP contribution in [0.1, 0.15) is 29.7 Å². The van der Waals surface area contributed by atoms with E-state index in [1.807, 2.05) is 0 Å². The van der Waals surface area contributed by atoms with Crippen molar-refractivity contribution in [3.63, 3.8) is 0 Å². The van der Waals surface area contributed by atoms with Crippen LogP contribution in [0.3, 0.4) is 0 Å². The van der Waals surface area contributed by atoms with Crippen LogP contribution < -0.4 is 16.4 Å². The van der Waals surface area contributed by atoms with Gasteiger partial charge in [0.15, 0.2) is 0 Å². The molecule has 2 aliphatic heterocycles. The second-order valence-electron chi connectivity index (χ2n) is 6.52. The molecule has 0 spiro atoms. The van der Waals surface area contributed by atoms with Crippen LogP contribution in [0.5, 0.6) is 0 Å². The van der Waals surface area contributed by atoms with Crippen LogP contribution >= 0.6 is 0 Å². The van der Waals surface area contributed by atoms with E-state index >= 15 is 0 Å². The molecule has 8 nitrogen and oxygen atoms in total. The lowest BCUT2D eigenvalue weighted by Gasteiger charge is -2.21. The quantitative estimate of drug-likeness (QED) is 0.752. The Morgan fingerprint density at radius 2 is 2.23 bits per heavy atom. The number of nitriles is 1. The van der Waals surface area contributed by atoms with Gasteiger partial charge in [-0.25, -0.2) is 15.0 Å². The minimum Gasteiger partial charge on any atom is -0.383 e. The van der Waals surface area contributed by atoms with Crippen molar-refractivity contribution < 1.29 is 4.74 Å². The molecule has 8 heteroatoms. The van der Waals surface area contributed by atoms with Crippen molar-refractivity contribution in [3.05, 3.63) is 29.2 Å². The SMILES string of the molecule is N#Cc1c(N)nc2c(c1-c1cnc(NCC3CCCO3)nc1)CNCC2. The van der Waals surface area contributed by atoms with Gasteiger partial charge in [0.1, 0.15) is 17.5 Å². The summed E-state index contributed by atoms with van der Waals surface area (Å²) in [7, 11) is 0. The number of fused-ring (bicyclic) bond motifs is 1.